The van der Waals surface area contributed by atoms with Crippen LogP contribution in [-0.2, 0) is 13.1 Å². The Labute approximate surface area is 157 Å². The van der Waals surface area contributed by atoms with Gasteiger partial charge in [0.1, 0.15) is 11.6 Å². The summed E-state index contributed by atoms with van der Waals surface area (Å²) < 4.78 is 28.7. The maximum Gasteiger partial charge on any atom is 0.333 e. The Bertz CT molecular complexity index is 1260. The van der Waals surface area contributed by atoms with Crippen LogP contribution in [0.15, 0.2) is 70.5 Å². The first-order valence-corrected chi connectivity index (χ1v) is 8.46. The van der Waals surface area contributed by atoms with E-state index in [0.29, 0.717) is 11.1 Å². The molecule has 2 aromatic heterocycles. The van der Waals surface area contributed by atoms with Gasteiger partial charge in [0.2, 0.25) is 0 Å². The summed E-state index contributed by atoms with van der Waals surface area (Å²) in [5.74, 6) is -0.795. The number of rotatable bonds is 4. The molecule has 0 aliphatic heterocycles. The summed E-state index contributed by atoms with van der Waals surface area (Å²) in [4.78, 5) is 34.1. The summed E-state index contributed by atoms with van der Waals surface area (Å²) in [6.45, 7) is 0.0614. The van der Waals surface area contributed by atoms with E-state index < -0.39 is 17.1 Å². The molecule has 0 aliphatic carbocycles. The second-order valence-corrected chi connectivity index (χ2v) is 6.24. The predicted octanol–water partition coefficient (Wildman–Crippen LogP) is 2.33. The Morgan fingerprint density at radius 3 is 1.79 bits per heavy atom. The van der Waals surface area contributed by atoms with Gasteiger partial charge in [-0.25, -0.2) is 23.5 Å². The molecule has 2 heterocycles. The van der Waals surface area contributed by atoms with Crippen molar-refractivity contribution in [3.8, 4) is 0 Å². The quantitative estimate of drug-likeness (QED) is 0.545. The number of halogens is 2. The monoisotopic (exact) mass is 380 g/mol. The van der Waals surface area contributed by atoms with Crippen LogP contribution in [0, 0.1) is 11.6 Å². The summed E-state index contributed by atoms with van der Waals surface area (Å²) in [5.41, 5.74) is 0.308. The molecule has 0 amide bonds. The largest absolute Gasteiger partial charge is 0.333 e. The normalized spacial score (nSPS) is 11.1. The Hall–Kier alpha value is -3.68. The molecule has 2 aromatic carbocycles. The van der Waals surface area contributed by atoms with Gasteiger partial charge in [0.15, 0.2) is 11.2 Å². The predicted molar refractivity (Wildman–Crippen MR) is 99.1 cm³/mol. The van der Waals surface area contributed by atoms with Crippen molar-refractivity contribution in [2.75, 3.05) is 0 Å². The number of aromatic nitrogens is 4. The van der Waals surface area contributed by atoms with E-state index in [0.717, 1.165) is 4.57 Å². The van der Waals surface area contributed by atoms with E-state index in [-0.39, 0.29) is 30.1 Å². The molecule has 4 aromatic rings. The number of hydrogen-bond donors (Lipinski definition) is 0. The van der Waals surface area contributed by atoms with Crippen LogP contribution in [0.25, 0.3) is 11.2 Å². The second-order valence-electron chi connectivity index (χ2n) is 6.24. The molecule has 4 rings (SSSR count). The first kappa shape index (κ1) is 17.7. The average molecular weight is 380 g/mol. The molecule has 0 bridgehead atoms. The summed E-state index contributed by atoms with van der Waals surface area (Å²) in [5, 5.41) is 0. The van der Waals surface area contributed by atoms with E-state index in [9.17, 15) is 18.4 Å². The van der Waals surface area contributed by atoms with Gasteiger partial charge in [-0.1, -0.05) is 24.3 Å². The fourth-order valence-corrected chi connectivity index (χ4v) is 2.96. The third kappa shape index (κ3) is 3.32. The third-order valence-electron chi connectivity index (χ3n) is 4.35. The van der Waals surface area contributed by atoms with Gasteiger partial charge in [-0.3, -0.25) is 13.9 Å². The van der Waals surface area contributed by atoms with Gasteiger partial charge in [0.05, 0.1) is 13.1 Å². The lowest BCUT2D eigenvalue weighted by molar-refractivity contribution is 0.614. The molecule has 0 aliphatic rings. The molecule has 0 spiro atoms. The van der Waals surface area contributed by atoms with Crippen LogP contribution in [0.3, 0.4) is 0 Å². The molecular formula is C20H14F2N4O2. The van der Waals surface area contributed by atoms with Crippen LogP contribution in [0.2, 0.25) is 0 Å². The van der Waals surface area contributed by atoms with Crippen molar-refractivity contribution in [2.45, 2.75) is 13.1 Å². The minimum Gasteiger partial charge on any atom is -0.272 e. The highest BCUT2D eigenvalue weighted by molar-refractivity contribution is 5.68. The SMILES string of the molecule is O=c1c2nccnc2n(Cc2ccc(F)cc2)c(=O)n1Cc1ccc(F)cc1. The van der Waals surface area contributed by atoms with Crippen molar-refractivity contribution in [1.82, 2.24) is 19.1 Å². The number of nitrogens with zero attached hydrogens (tertiary/aromatic N) is 4. The molecule has 0 fully saturated rings. The molecule has 28 heavy (non-hydrogen) atoms. The Kier molecular flexibility index (Phi) is 4.52. The van der Waals surface area contributed by atoms with E-state index in [1.54, 1.807) is 12.1 Å². The van der Waals surface area contributed by atoms with Crippen LogP contribution >= 0.6 is 0 Å². The molecule has 6 nitrogen and oxygen atoms in total. The fraction of sp³-hybridized carbons (Fsp3) is 0.100. The molecule has 0 unspecified atom stereocenters. The summed E-state index contributed by atoms with van der Waals surface area (Å²) in [6.07, 6.45) is 2.77. The Balaban J connectivity index is 1.88. The minimum atomic E-state index is -0.577. The van der Waals surface area contributed by atoms with Gasteiger partial charge in [-0.15, -0.1) is 0 Å². The zero-order valence-corrected chi connectivity index (χ0v) is 14.5. The van der Waals surface area contributed by atoms with E-state index in [1.165, 1.54) is 53.4 Å². The molecule has 0 atom stereocenters. The fourth-order valence-electron chi connectivity index (χ4n) is 2.96. The Morgan fingerprint density at radius 1 is 0.714 bits per heavy atom. The maximum atomic E-state index is 13.2. The molecule has 8 heteroatoms. The van der Waals surface area contributed by atoms with Crippen molar-refractivity contribution in [1.29, 1.82) is 0 Å². The number of fused-ring (bicyclic) bond motifs is 1. The number of benzene rings is 2. The summed E-state index contributed by atoms with van der Waals surface area (Å²) in [6, 6.07) is 11.2. The van der Waals surface area contributed by atoms with Gasteiger partial charge in [0, 0.05) is 12.4 Å². The van der Waals surface area contributed by atoms with Crippen molar-refractivity contribution in [3.05, 3.63) is 105 Å². The van der Waals surface area contributed by atoms with Crippen molar-refractivity contribution < 1.29 is 8.78 Å². The zero-order chi connectivity index (χ0) is 19.7. The number of hydrogen-bond acceptors (Lipinski definition) is 4. The van der Waals surface area contributed by atoms with Gasteiger partial charge in [-0.2, -0.15) is 0 Å². The van der Waals surface area contributed by atoms with Crippen LogP contribution < -0.4 is 11.2 Å². The highest BCUT2D eigenvalue weighted by Gasteiger charge is 2.15. The topological polar surface area (TPSA) is 69.8 Å². The highest BCUT2D eigenvalue weighted by Crippen LogP contribution is 2.09. The van der Waals surface area contributed by atoms with Gasteiger partial charge < -0.3 is 0 Å². The molecule has 140 valence electrons. The smallest absolute Gasteiger partial charge is 0.272 e. The third-order valence-corrected chi connectivity index (χ3v) is 4.35. The first-order valence-electron chi connectivity index (χ1n) is 8.46. The van der Waals surface area contributed by atoms with E-state index in [1.807, 2.05) is 0 Å². The van der Waals surface area contributed by atoms with E-state index >= 15 is 0 Å². The summed E-state index contributed by atoms with van der Waals surface area (Å²) >= 11 is 0. The molecule has 0 radical (unpaired) electrons. The van der Waals surface area contributed by atoms with Crippen LogP contribution in [0.1, 0.15) is 11.1 Å². The van der Waals surface area contributed by atoms with E-state index in [2.05, 4.69) is 9.97 Å². The van der Waals surface area contributed by atoms with Gasteiger partial charge in [0.25, 0.3) is 5.56 Å². The minimum absolute atomic E-state index is 0.0339. The van der Waals surface area contributed by atoms with Gasteiger partial charge in [-0.05, 0) is 35.4 Å². The highest BCUT2D eigenvalue weighted by atomic mass is 19.1. The Morgan fingerprint density at radius 2 is 1.21 bits per heavy atom. The zero-order valence-electron chi connectivity index (χ0n) is 14.5. The van der Waals surface area contributed by atoms with Crippen LogP contribution in [-0.4, -0.2) is 19.1 Å². The van der Waals surface area contributed by atoms with Crippen molar-refractivity contribution in [3.63, 3.8) is 0 Å². The van der Waals surface area contributed by atoms with Crippen molar-refractivity contribution >= 4 is 11.2 Å². The molecule has 0 saturated carbocycles. The van der Waals surface area contributed by atoms with E-state index in [4.69, 9.17) is 0 Å². The standard InChI is InChI=1S/C20H14F2N4O2/c21-15-5-1-13(2-6-15)11-25-18-17(23-9-10-24-18)19(27)26(20(25)28)12-14-3-7-16(22)8-4-14/h1-10H,11-12H2. The molecule has 0 saturated heterocycles. The van der Waals surface area contributed by atoms with Crippen molar-refractivity contribution in [2.24, 2.45) is 0 Å². The average Bonchev–Trinajstić information content (AvgIpc) is 2.71. The lowest BCUT2D eigenvalue weighted by Crippen LogP contribution is -2.41. The van der Waals surface area contributed by atoms with Crippen LogP contribution in [0.5, 0.6) is 0 Å². The second kappa shape index (κ2) is 7.15. The lowest BCUT2D eigenvalue weighted by atomic mass is 10.2. The lowest BCUT2D eigenvalue weighted by Gasteiger charge is -2.13. The van der Waals surface area contributed by atoms with Crippen LogP contribution in [0.4, 0.5) is 8.78 Å². The van der Waals surface area contributed by atoms with Gasteiger partial charge >= 0.3 is 5.69 Å². The maximum absolute atomic E-state index is 13.2. The summed E-state index contributed by atoms with van der Waals surface area (Å²) in [7, 11) is 0. The first-order chi connectivity index (χ1) is 13.5. The molecular weight excluding hydrogens is 366 g/mol. The molecule has 0 N–H and O–H groups in total.